The SMILES string of the molecule is CCCN1CCCC(O)(C2CCOCC2)CC1. The molecule has 3 nitrogen and oxygen atoms in total. The fourth-order valence-electron chi connectivity index (χ4n) is 3.38. The quantitative estimate of drug-likeness (QED) is 0.821. The zero-order chi connectivity index (χ0) is 12.1. The van der Waals surface area contributed by atoms with E-state index in [1.54, 1.807) is 0 Å². The van der Waals surface area contributed by atoms with Crippen LogP contribution >= 0.6 is 0 Å². The molecule has 17 heavy (non-hydrogen) atoms. The van der Waals surface area contributed by atoms with Crippen molar-refractivity contribution in [1.82, 2.24) is 4.90 Å². The Hall–Kier alpha value is -0.120. The molecule has 0 aromatic heterocycles. The van der Waals surface area contributed by atoms with E-state index in [1.807, 2.05) is 0 Å². The van der Waals surface area contributed by atoms with E-state index < -0.39 is 5.60 Å². The zero-order valence-electron chi connectivity index (χ0n) is 11.2. The van der Waals surface area contributed by atoms with Gasteiger partial charge in [0.2, 0.25) is 0 Å². The molecule has 0 saturated carbocycles. The van der Waals surface area contributed by atoms with Gasteiger partial charge in [-0.3, -0.25) is 0 Å². The zero-order valence-corrected chi connectivity index (χ0v) is 11.2. The number of hydrogen-bond acceptors (Lipinski definition) is 3. The van der Waals surface area contributed by atoms with Crippen molar-refractivity contribution >= 4 is 0 Å². The maximum absolute atomic E-state index is 10.9. The summed E-state index contributed by atoms with van der Waals surface area (Å²) in [4.78, 5) is 2.51. The second-order valence-corrected chi connectivity index (χ2v) is 5.69. The second kappa shape index (κ2) is 6.17. The van der Waals surface area contributed by atoms with E-state index in [1.165, 1.54) is 19.5 Å². The Labute approximate surface area is 105 Å². The van der Waals surface area contributed by atoms with Crippen molar-refractivity contribution in [2.24, 2.45) is 5.92 Å². The molecule has 2 aliphatic rings. The van der Waals surface area contributed by atoms with Gasteiger partial charge in [-0.05, 0) is 57.5 Å². The molecule has 0 bridgehead atoms. The van der Waals surface area contributed by atoms with Crippen LogP contribution in [-0.4, -0.2) is 48.5 Å². The lowest BCUT2D eigenvalue weighted by Crippen LogP contribution is -2.42. The van der Waals surface area contributed by atoms with Gasteiger partial charge in [0.1, 0.15) is 0 Å². The molecule has 2 fully saturated rings. The van der Waals surface area contributed by atoms with Gasteiger partial charge in [-0.15, -0.1) is 0 Å². The number of rotatable bonds is 3. The summed E-state index contributed by atoms with van der Waals surface area (Å²) >= 11 is 0. The molecule has 100 valence electrons. The Morgan fingerprint density at radius 3 is 2.71 bits per heavy atom. The van der Waals surface area contributed by atoms with E-state index in [0.717, 1.165) is 51.9 Å². The minimum absolute atomic E-state index is 0.410. The Balaban J connectivity index is 1.90. The van der Waals surface area contributed by atoms with Gasteiger partial charge in [-0.2, -0.15) is 0 Å². The van der Waals surface area contributed by atoms with E-state index in [-0.39, 0.29) is 0 Å². The van der Waals surface area contributed by atoms with Crippen LogP contribution in [0.15, 0.2) is 0 Å². The fourth-order valence-corrected chi connectivity index (χ4v) is 3.38. The highest BCUT2D eigenvalue weighted by atomic mass is 16.5. The van der Waals surface area contributed by atoms with E-state index in [9.17, 15) is 5.11 Å². The summed E-state index contributed by atoms with van der Waals surface area (Å²) in [6, 6.07) is 0. The van der Waals surface area contributed by atoms with Gasteiger partial charge in [0.05, 0.1) is 5.60 Å². The van der Waals surface area contributed by atoms with Gasteiger partial charge in [-0.1, -0.05) is 6.92 Å². The topological polar surface area (TPSA) is 32.7 Å². The molecule has 0 spiro atoms. The Kier molecular flexibility index (Phi) is 4.83. The predicted octanol–water partition coefficient (Wildman–Crippen LogP) is 2.04. The normalized spacial score (nSPS) is 33.5. The Morgan fingerprint density at radius 1 is 1.24 bits per heavy atom. The van der Waals surface area contributed by atoms with Crippen LogP contribution in [0.3, 0.4) is 0 Å². The minimum Gasteiger partial charge on any atom is -0.390 e. The van der Waals surface area contributed by atoms with Crippen LogP contribution in [0, 0.1) is 5.92 Å². The number of ether oxygens (including phenoxy) is 1. The van der Waals surface area contributed by atoms with Crippen LogP contribution < -0.4 is 0 Å². The van der Waals surface area contributed by atoms with Gasteiger partial charge in [0, 0.05) is 19.8 Å². The molecule has 0 aromatic carbocycles. The summed E-state index contributed by atoms with van der Waals surface area (Å²) in [6.07, 6.45) is 6.40. The minimum atomic E-state index is -0.410. The van der Waals surface area contributed by atoms with Crippen molar-refractivity contribution in [3.8, 4) is 0 Å². The van der Waals surface area contributed by atoms with E-state index in [0.29, 0.717) is 5.92 Å². The monoisotopic (exact) mass is 241 g/mol. The number of likely N-dealkylation sites (tertiary alicyclic amines) is 1. The fraction of sp³-hybridized carbons (Fsp3) is 1.00. The van der Waals surface area contributed by atoms with Crippen LogP contribution in [0.4, 0.5) is 0 Å². The van der Waals surface area contributed by atoms with Crippen molar-refractivity contribution in [2.75, 3.05) is 32.8 Å². The van der Waals surface area contributed by atoms with E-state index in [2.05, 4.69) is 11.8 Å². The maximum atomic E-state index is 10.9. The molecule has 0 amide bonds. The van der Waals surface area contributed by atoms with Gasteiger partial charge in [0.25, 0.3) is 0 Å². The molecule has 2 heterocycles. The molecular weight excluding hydrogens is 214 g/mol. The standard InChI is InChI=1S/C14H27NO2/c1-2-8-15-9-3-6-14(16,7-10-15)13-4-11-17-12-5-13/h13,16H,2-12H2,1H3. The molecule has 1 unspecified atom stereocenters. The van der Waals surface area contributed by atoms with Crippen molar-refractivity contribution < 1.29 is 9.84 Å². The lowest BCUT2D eigenvalue weighted by Gasteiger charge is -2.38. The first kappa shape index (κ1) is 13.3. The third-order valence-corrected chi connectivity index (χ3v) is 4.47. The maximum Gasteiger partial charge on any atom is 0.0690 e. The molecule has 2 rings (SSSR count). The van der Waals surface area contributed by atoms with Crippen LogP contribution in [-0.2, 0) is 4.74 Å². The lowest BCUT2D eigenvalue weighted by atomic mass is 9.77. The van der Waals surface area contributed by atoms with Gasteiger partial charge < -0.3 is 14.7 Å². The van der Waals surface area contributed by atoms with Crippen molar-refractivity contribution in [1.29, 1.82) is 0 Å². The number of nitrogens with zero attached hydrogens (tertiary/aromatic N) is 1. The summed E-state index contributed by atoms with van der Waals surface area (Å²) in [5.74, 6) is 0.470. The van der Waals surface area contributed by atoms with E-state index >= 15 is 0 Å². The highest BCUT2D eigenvalue weighted by Crippen LogP contribution is 2.35. The van der Waals surface area contributed by atoms with E-state index in [4.69, 9.17) is 4.74 Å². The summed E-state index contributed by atoms with van der Waals surface area (Å²) in [6.45, 7) is 7.33. The summed E-state index contributed by atoms with van der Waals surface area (Å²) < 4.78 is 5.40. The molecular formula is C14H27NO2. The summed E-state index contributed by atoms with van der Waals surface area (Å²) in [5, 5.41) is 10.9. The van der Waals surface area contributed by atoms with Crippen LogP contribution in [0.1, 0.15) is 45.4 Å². The molecule has 2 aliphatic heterocycles. The highest BCUT2D eigenvalue weighted by molar-refractivity contribution is 4.90. The lowest BCUT2D eigenvalue weighted by molar-refractivity contribution is -0.0736. The molecule has 3 heteroatoms. The Bertz CT molecular complexity index is 228. The van der Waals surface area contributed by atoms with Gasteiger partial charge >= 0.3 is 0 Å². The molecule has 1 N–H and O–H groups in total. The first-order valence-electron chi connectivity index (χ1n) is 7.27. The largest absolute Gasteiger partial charge is 0.390 e. The average molecular weight is 241 g/mol. The molecule has 1 atom stereocenters. The second-order valence-electron chi connectivity index (χ2n) is 5.69. The first-order chi connectivity index (χ1) is 8.24. The van der Waals surface area contributed by atoms with Crippen LogP contribution in [0.5, 0.6) is 0 Å². The van der Waals surface area contributed by atoms with Crippen molar-refractivity contribution in [3.05, 3.63) is 0 Å². The predicted molar refractivity (Wildman–Crippen MR) is 69.1 cm³/mol. The number of hydrogen-bond donors (Lipinski definition) is 1. The van der Waals surface area contributed by atoms with Crippen LogP contribution in [0.25, 0.3) is 0 Å². The van der Waals surface area contributed by atoms with Gasteiger partial charge in [-0.25, -0.2) is 0 Å². The van der Waals surface area contributed by atoms with Gasteiger partial charge in [0.15, 0.2) is 0 Å². The average Bonchev–Trinajstić information content (AvgIpc) is 2.55. The smallest absolute Gasteiger partial charge is 0.0690 e. The number of aliphatic hydroxyl groups is 1. The molecule has 0 radical (unpaired) electrons. The first-order valence-corrected chi connectivity index (χ1v) is 7.27. The molecule has 0 aromatic rings. The summed E-state index contributed by atoms with van der Waals surface area (Å²) in [5.41, 5.74) is -0.410. The van der Waals surface area contributed by atoms with Crippen molar-refractivity contribution in [3.63, 3.8) is 0 Å². The Morgan fingerprint density at radius 2 is 2.00 bits per heavy atom. The highest BCUT2D eigenvalue weighted by Gasteiger charge is 2.38. The third kappa shape index (κ3) is 3.43. The van der Waals surface area contributed by atoms with Crippen LogP contribution in [0.2, 0.25) is 0 Å². The third-order valence-electron chi connectivity index (χ3n) is 4.47. The molecule has 2 saturated heterocycles. The summed E-state index contributed by atoms with van der Waals surface area (Å²) in [7, 11) is 0. The van der Waals surface area contributed by atoms with Crippen molar-refractivity contribution in [2.45, 2.75) is 51.0 Å². The molecule has 0 aliphatic carbocycles.